The molecular weight excluding hydrogens is 278 g/mol. The van der Waals surface area contributed by atoms with E-state index in [1.807, 2.05) is 37.3 Å². The maximum Gasteiger partial charge on any atom is 0.277 e. The van der Waals surface area contributed by atoms with Gasteiger partial charge in [0.15, 0.2) is 0 Å². The van der Waals surface area contributed by atoms with Crippen molar-refractivity contribution in [1.82, 2.24) is 4.98 Å². The minimum atomic E-state index is -0.386. The molecule has 0 atom stereocenters. The van der Waals surface area contributed by atoms with Gasteiger partial charge in [0.1, 0.15) is 0 Å². The van der Waals surface area contributed by atoms with Crippen LogP contribution in [0.25, 0.3) is 10.8 Å². The van der Waals surface area contributed by atoms with Gasteiger partial charge in [-0.2, -0.15) is 0 Å². The van der Waals surface area contributed by atoms with Gasteiger partial charge in [0.2, 0.25) is 0 Å². The first-order chi connectivity index (χ1) is 10.6. The van der Waals surface area contributed by atoms with Crippen molar-refractivity contribution in [2.75, 3.05) is 0 Å². The summed E-state index contributed by atoms with van der Waals surface area (Å²) in [6.45, 7) is 2.01. The molecule has 0 saturated carbocycles. The molecule has 0 spiro atoms. The molecule has 0 fully saturated rings. The van der Waals surface area contributed by atoms with Crippen LogP contribution in [0.15, 0.2) is 59.7 Å². The smallest absolute Gasteiger partial charge is 0.258 e. The second-order valence-corrected chi connectivity index (χ2v) is 4.92. The Balaban J connectivity index is 2.06. The molecule has 1 heterocycles. The zero-order valence-electron chi connectivity index (χ0n) is 11.9. The molecule has 0 N–H and O–H groups in total. The predicted octanol–water partition coefficient (Wildman–Crippen LogP) is 4.20. The van der Waals surface area contributed by atoms with Gasteiger partial charge in [0, 0.05) is 17.6 Å². The van der Waals surface area contributed by atoms with Crippen LogP contribution in [-0.4, -0.2) is 16.1 Å². The van der Waals surface area contributed by atoms with Gasteiger partial charge in [0.05, 0.1) is 27.9 Å². The number of aromatic nitrogens is 1. The summed E-state index contributed by atoms with van der Waals surface area (Å²) in [7, 11) is 0. The minimum absolute atomic E-state index is 0.0740. The number of aryl methyl sites for hydroxylation is 1. The lowest BCUT2D eigenvalue weighted by Gasteiger charge is -2.02. The Kier molecular flexibility index (Phi) is 3.62. The van der Waals surface area contributed by atoms with E-state index in [-0.39, 0.29) is 10.6 Å². The number of non-ortho nitro benzene ring substituents is 1. The van der Waals surface area contributed by atoms with Gasteiger partial charge >= 0.3 is 0 Å². The third-order valence-electron chi connectivity index (χ3n) is 3.38. The topological polar surface area (TPSA) is 68.4 Å². The van der Waals surface area contributed by atoms with E-state index >= 15 is 0 Å². The highest BCUT2D eigenvalue weighted by molar-refractivity contribution is 6.01. The average molecular weight is 291 g/mol. The lowest BCUT2D eigenvalue weighted by Crippen LogP contribution is -1.93. The van der Waals surface area contributed by atoms with Crippen molar-refractivity contribution in [1.29, 1.82) is 0 Å². The van der Waals surface area contributed by atoms with Gasteiger partial charge in [-0.3, -0.25) is 20.1 Å². The van der Waals surface area contributed by atoms with E-state index in [0.717, 1.165) is 11.3 Å². The van der Waals surface area contributed by atoms with E-state index in [1.54, 1.807) is 24.5 Å². The van der Waals surface area contributed by atoms with Crippen molar-refractivity contribution in [3.8, 4) is 0 Å². The van der Waals surface area contributed by atoms with Crippen LogP contribution in [0.4, 0.5) is 11.4 Å². The van der Waals surface area contributed by atoms with Crippen molar-refractivity contribution in [2.24, 2.45) is 4.99 Å². The number of hydrogen-bond acceptors (Lipinski definition) is 4. The first-order valence-corrected chi connectivity index (χ1v) is 6.78. The standard InChI is InChI=1S/C17H13N3O2/c1-12-5-7-13(8-6-12)19-11-16-14-3-2-4-17(20(21)22)15(14)9-10-18-16/h2-11H,1H3. The van der Waals surface area contributed by atoms with Crippen LogP contribution in [0.1, 0.15) is 11.3 Å². The molecule has 108 valence electrons. The van der Waals surface area contributed by atoms with Crippen molar-refractivity contribution >= 4 is 28.4 Å². The first kappa shape index (κ1) is 13.9. The number of nitro benzene ring substituents is 1. The van der Waals surface area contributed by atoms with Crippen LogP contribution < -0.4 is 0 Å². The van der Waals surface area contributed by atoms with Crippen LogP contribution in [0.3, 0.4) is 0 Å². The minimum Gasteiger partial charge on any atom is -0.258 e. The summed E-state index contributed by atoms with van der Waals surface area (Å²) < 4.78 is 0. The maximum absolute atomic E-state index is 11.1. The van der Waals surface area contributed by atoms with E-state index in [2.05, 4.69) is 9.98 Å². The average Bonchev–Trinajstić information content (AvgIpc) is 2.53. The van der Waals surface area contributed by atoms with Gasteiger partial charge in [-0.25, -0.2) is 0 Å². The summed E-state index contributed by atoms with van der Waals surface area (Å²) in [6.07, 6.45) is 3.20. The Labute approximate surface area is 127 Å². The molecule has 0 aliphatic rings. The number of fused-ring (bicyclic) bond motifs is 1. The summed E-state index contributed by atoms with van der Waals surface area (Å²) in [5.74, 6) is 0. The number of pyridine rings is 1. The monoisotopic (exact) mass is 291 g/mol. The van der Waals surface area contributed by atoms with Gasteiger partial charge in [-0.05, 0) is 25.1 Å². The van der Waals surface area contributed by atoms with E-state index in [1.165, 1.54) is 6.07 Å². The van der Waals surface area contributed by atoms with Crippen LogP contribution in [0.2, 0.25) is 0 Å². The molecule has 2 aromatic carbocycles. The fourth-order valence-corrected chi connectivity index (χ4v) is 2.24. The van der Waals surface area contributed by atoms with Crippen LogP contribution in [0, 0.1) is 17.0 Å². The zero-order chi connectivity index (χ0) is 15.5. The molecular formula is C17H13N3O2. The molecule has 22 heavy (non-hydrogen) atoms. The second kappa shape index (κ2) is 5.73. The number of rotatable bonds is 3. The number of aliphatic imine (C=N–C) groups is 1. The molecule has 0 saturated heterocycles. The molecule has 0 radical (unpaired) electrons. The van der Waals surface area contributed by atoms with Crippen molar-refractivity contribution < 1.29 is 4.92 Å². The highest BCUT2D eigenvalue weighted by Gasteiger charge is 2.12. The fourth-order valence-electron chi connectivity index (χ4n) is 2.24. The van der Waals surface area contributed by atoms with E-state index < -0.39 is 0 Å². The SMILES string of the molecule is Cc1ccc(N=Cc2nccc3c([N+](=O)[O-])cccc23)cc1. The Morgan fingerprint density at radius 1 is 1.09 bits per heavy atom. The van der Waals surface area contributed by atoms with Crippen LogP contribution in [0.5, 0.6) is 0 Å². The molecule has 0 unspecified atom stereocenters. The third kappa shape index (κ3) is 2.69. The number of nitrogens with zero attached hydrogens (tertiary/aromatic N) is 3. The Hall–Kier alpha value is -3.08. The number of benzene rings is 2. The van der Waals surface area contributed by atoms with Crippen LogP contribution in [-0.2, 0) is 0 Å². The summed E-state index contributed by atoms with van der Waals surface area (Å²) in [5.41, 5.74) is 2.67. The fraction of sp³-hybridized carbons (Fsp3) is 0.0588. The lowest BCUT2D eigenvalue weighted by molar-refractivity contribution is -0.383. The summed E-state index contributed by atoms with van der Waals surface area (Å²) >= 11 is 0. The van der Waals surface area contributed by atoms with Gasteiger partial charge < -0.3 is 0 Å². The van der Waals surface area contributed by atoms with Crippen molar-refractivity contribution in [2.45, 2.75) is 6.92 Å². The molecule has 5 heteroatoms. The quantitative estimate of drug-likeness (QED) is 0.412. The van der Waals surface area contributed by atoms with E-state index in [4.69, 9.17) is 0 Å². The molecule has 5 nitrogen and oxygen atoms in total. The number of hydrogen-bond donors (Lipinski definition) is 0. The molecule has 0 aliphatic carbocycles. The highest BCUT2D eigenvalue weighted by atomic mass is 16.6. The van der Waals surface area contributed by atoms with Crippen LogP contribution >= 0.6 is 0 Å². The Morgan fingerprint density at radius 2 is 1.86 bits per heavy atom. The second-order valence-electron chi connectivity index (χ2n) is 4.92. The predicted molar refractivity (Wildman–Crippen MR) is 86.8 cm³/mol. The molecule has 1 aromatic heterocycles. The van der Waals surface area contributed by atoms with Gasteiger partial charge in [-0.15, -0.1) is 0 Å². The molecule has 0 amide bonds. The molecule has 0 bridgehead atoms. The molecule has 0 aliphatic heterocycles. The molecule has 3 rings (SSSR count). The Bertz CT molecular complexity index is 871. The summed E-state index contributed by atoms with van der Waals surface area (Å²) in [5, 5.41) is 12.4. The van der Waals surface area contributed by atoms with Crippen molar-refractivity contribution in [3.05, 3.63) is 76.1 Å². The highest BCUT2D eigenvalue weighted by Crippen LogP contribution is 2.26. The zero-order valence-corrected chi connectivity index (χ0v) is 11.9. The third-order valence-corrected chi connectivity index (χ3v) is 3.38. The van der Waals surface area contributed by atoms with Gasteiger partial charge in [-0.1, -0.05) is 29.8 Å². The molecule has 3 aromatic rings. The maximum atomic E-state index is 11.1. The van der Waals surface area contributed by atoms with E-state index in [9.17, 15) is 10.1 Å². The summed E-state index contributed by atoms with van der Waals surface area (Å²) in [4.78, 5) is 19.4. The normalized spacial score (nSPS) is 11.1. The Morgan fingerprint density at radius 3 is 2.59 bits per heavy atom. The first-order valence-electron chi connectivity index (χ1n) is 6.78. The largest absolute Gasteiger partial charge is 0.277 e. The number of nitro groups is 1. The van der Waals surface area contributed by atoms with Crippen molar-refractivity contribution in [3.63, 3.8) is 0 Å². The van der Waals surface area contributed by atoms with Gasteiger partial charge in [0.25, 0.3) is 5.69 Å². The summed E-state index contributed by atoms with van der Waals surface area (Å²) in [6, 6.07) is 14.4. The van der Waals surface area contributed by atoms with E-state index in [0.29, 0.717) is 16.5 Å². The lowest BCUT2D eigenvalue weighted by atomic mass is 10.1.